The predicted molar refractivity (Wildman–Crippen MR) is 59.5 cm³/mol. The summed E-state index contributed by atoms with van der Waals surface area (Å²) in [4.78, 5) is 22.5. The van der Waals surface area contributed by atoms with Gasteiger partial charge in [-0.15, -0.1) is 0 Å². The number of rotatable bonds is 7. The number of carboxylic acids is 1. The minimum Gasteiger partial charge on any atom is -0.481 e. The lowest BCUT2D eigenvalue weighted by atomic mass is 10.1. The number of carbonyl (C=O) groups excluding carboxylic acids is 1. The molecule has 0 radical (unpaired) electrons. The summed E-state index contributed by atoms with van der Waals surface area (Å²) in [6.45, 7) is -1.26. The van der Waals surface area contributed by atoms with Crippen molar-refractivity contribution < 1.29 is 33.0 Å². The van der Waals surface area contributed by atoms with E-state index in [1.54, 1.807) is 6.92 Å². The van der Waals surface area contributed by atoms with E-state index in [2.05, 4.69) is 5.32 Å². The Morgan fingerprint density at radius 2 is 1.95 bits per heavy atom. The lowest BCUT2D eigenvalue weighted by Crippen LogP contribution is -2.47. The van der Waals surface area contributed by atoms with Crippen LogP contribution in [0.3, 0.4) is 0 Å². The van der Waals surface area contributed by atoms with Gasteiger partial charge in [-0.2, -0.15) is 13.2 Å². The predicted octanol–water partition coefficient (Wildman–Crippen LogP) is 0.663. The molecule has 0 aromatic carbocycles. The maximum atomic E-state index is 12.2. The van der Waals surface area contributed by atoms with E-state index in [0.29, 0.717) is 4.90 Å². The highest BCUT2D eigenvalue weighted by Gasteiger charge is 2.33. The van der Waals surface area contributed by atoms with Gasteiger partial charge in [-0.3, -0.25) is 4.79 Å². The second kappa shape index (κ2) is 7.82. The molecule has 19 heavy (non-hydrogen) atoms. The Morgan fingerprint density at radius 3 is 2.32 bits per heavy atom. The fourth-order valence-electron chi connectivity index (χ4n) is 1.32. The molecular weight excluding hydrogens is 269 g/mol. The fourth-order valence-corrected chi connectivity index (χ4v) is 1.32. The molecule has 0 saturated heterocycles. The zero-order chi connectivity index (χ0) is 15.1. The largest absolute Gasteiger partial charge is 0.481 e. The monoisotopic (exact) mass is 286 g/mol. The summed E-state index contributed by atoms with van der Waals surface area (Å²) in [7, 11) is 0. The van der Waals surface area contributed by atoms with Crippen LogP contribution in [0.1, 0.15) is 13.3 Å². The van der Waals surface area contributed by atoms with Crippen LogP contribution in [0.4, 0.5) is 18.0 Å². The summed E-state index contributed by atoms with van der Waals surface area (Å²) in [5.41, 5.74) is 0. The molecule has 112 valence electrons. The van der Waals surface area contributed by atoms with Gasteiger partial charge in [-0.25, -0.2) is 4.79 Å². The van der Waals surface area contributed by atoms with Crippen molar-refractivity contribution in [2.24, 2.45) is 5.92 Å². The average molecular weight is 286 g/mol. The van der Waals surface area contributed by atoms with Crippen LogP contribution in [0.2, 0.25) is 0 Å². The maximum Gasteiger partial charge on any atom is 0.406 e. The highest BCUT2D eigenvalue weighted by atomic mass is 19.4. The summed E-state index contributed by atoms with van der Waals surface area (Å²) in [5, 5.41) is 19.5. The number of nitrogens with zero attached hydrogens (tertiary/aromatic N) is 1. The van der Waals surface area contributed by atoms with E-state index in [4.69, 9.17) is 10.2 Å². The van der Waals surface area contributed by atoms with Crippen LogP contribution in [-0.2, 0) is 4.79 Å². The summed E-state index contributed by atoms with van der Waals surface area (Å²) in [6, 6.07) is -1.05. The molecule has 0 aromatic rings. The summed E-state index contributed by atoms with van der Waals surface area (Å²) in [6.07, 6.45) is -4.33. The Balaban J connectivity index is 4.44. The maximum absolute atomic E-state index is 12.2. The van der Waals surface area contributed by atoms with Gasteiger partial charge in [0.25, 0.3) is 0 Å². The van der Waals surface area contributed by atoms with Crippen molar-refractivity contribution >= 4 is 12.0 Å². The van der Waals surface area contributed by atoms with Gasteiger partial charge in [-0.1, -0.05) is 6.92 Å². The third-order valence-electron chi connectivity index (χ3n) is 2.37. The number of carbonyl (C=O) groups is 2. The summed E-state index contributed by atoms with van der Waals surface area (Å²) >= 11 is 0. The zero-order valence-electron chi connectivity index (χ0n) is 10.4. The molecule has 0 aliphatic heterocycles. The number of hydrogen-bond donors (Lipinski definition) is 3. The van der Waals surface area contributed by atoms with Crippen molar-refractivity contribution in [2.75, 3.05) is 26.2 Å². The third-order valence-corrected chi connectivity index (χ3v) is 2.37. The van der Waals surface area contributed by atoms with Gasteiger partial charge in [0, 0.05) is 13.1 Å². The number of carboxylic acid groups (broad SMARTS) is 1. The summed E-state index contributed by atoms with van der Waals surface area (Å²) in [5.74, 6) is -1.99. The van der Waals surface area contributed by atoms with E-state index in [1.165, 1.54) is 0 Å². The second-order valence-electron chi connectivity index (χ2n) is 3.89. The van der Waals surface area contributed by atoms with Gasteiger partial charge in [0.2, 0.25) is 0 Å². The zero-order valence-corrected chi connectivity index (χ0v) is 10.4. The fraction of sp³-hybridized carbons (Fsp3) is 0.800. The Hall–Kier alpha value is -1.51. The number of aliphatic carboxylic acids is 1. The molecule has 3 N–H and O–H groups in total. The van der Waals surface area contributed by atoms with Crippen LogP contribution in [0.25, 0.3) is 0 Å². The van der Waals surface area contributed by atoms with Gasteiger partial charge in [0.1, 0.15) is 6.54 Å². The van der Waals surface area contributed by atoms with Crippen molar-refractivity contribution in [1.82, 2.24) is 10.2 Å². The Kier molecular flexibility index (Phi) is 7.20. The molecule has 0 aromatic heterocycles. The highest BCUT2D eigenvalue weighted by Crippen LogP contribution is 2.16. The standard InChI is InChI=1S/C10H17F3N2O4/c1-2-7(8(17)18)5-14-9(19)15(3-4-16)6-10(11,12)13/h7,16H,2-6H2,1H3,(H,14,19)(H,17,18). The minimum atomic E-state index is -4.58. The van der Waals surface area contributed by atoms with Crippen LogP contribution < -0.4 is 5.32 Å². The second-order valence-corrected chi connectivity index (χ2v) is 3.89. The van der Waals surface area contributed by atoms with Crippen LogP contribution >= 0.6 is 0 Å². The highest BCUT2D eigenvalue weighted by molar-refractivity contribution is 5.76. The van der Waals surface area contributed by atoms with Crippen molar-refractivity contribution in [3.05, 3.63) is 0 Å². The molecule has 1 atom stereocenters. The van der Waals surface area contributed by atoms with Gasteiger partial charge >= 0.3 is 18.2 Å². The van der Waals surface area contributed by atoms with Crippen molar-refractivity contribution in [3.8, 4) is 0 Å². The van der Waals surface area contributed by atoms with E-state index in [9.17, 15) is 22.8 Å². The van der Waals surface area contributed by atoms with E-state index in [1.807, 2.05) is 0 Å². The van der Waals surface area contributed by atoms with Gasteiger partial charge in [0.05, 0.1) is 12.5 Å². The number of amides is 2. The van der Waals surface area contributed by atoms with E-state index in [0.717, 1.165) is 0 Å². The molecular formula is C10H17F3N2O4. The molecule has 1 unspecified atom stereocenters. The normalized spacial score (nSPS) is 12.9. The van der Waals surface area contributed by atoms with Crippen molar-refractivity contribution in [1.29, 1.82) is 0 Å². The molecule has 0 heterocycles. The first kappa shape index (κ1) is 17.5. The molecule has 0 rings (SSSR count). The smallest absolute Gasteiger partial charge is 0.406 e. The molecule has 9 heteroatoms. The van der Waals surface area contributed by atoms with E-state index >= 15 is 0 Å². The Morgan fingerprint density at radius 1 is 1.37 bits per heavy atom. The van der Waals surface area contributed by atoms with Crippen molar-refractivity contribution in [2.45, 2.75) is 19.5 Å². The number of urea groups is 1. The van der Waals surface area contributed by atoms with Crippen LogP contribution in [0, 0.1) is 5.92 Å². The molecule has 2 amide bonds. The van der Waals surface area contributed by atoms with Crippen LogP contribution in [-0.4, -0.2) is 59.5 Å². The van der Waals surface area contributed by atoms with Gasteiger partial charge < -0.3 is 20.4 Å². The third kappa shape index (κ3) is 7.50. The number of nitrogens with one attached hydrogen (secondary N) is 1. The molecule has 6 nitrogen and oxygen atoms in total. The Bertz CT molecular complexity index is 310. The first-order valence-electron chi connectivity index (χ1n) is 5.64. The number of alkyl halides is 3. The SMILES string of the molecule is CCC(CNC(=O)N(CCO)CC(F)(F)F)C(=O)O. The topological polar surface area (TPSA) is 89.9 Å². The molecule has 0 spiro atoms. The number of hydrogen-bond acceptors (Lipinski definition) is 3. The molecule has 0 saturated carbocycles. The first-order chi connectivity index (χ1) is 8.71. The summed E-state index contributed by atoms with van der Waals surface area (Å²) < 4.78 is 36.6. The lowest BCUT2D eigenvalue weighted by Gasteiger charge is -2.24. The van der Waals surface area contributed by atoms with E-state index < -0.39 is 43.8 Å². The van der Waals surface area contributed by atoms with Gasteiger partial charge in [-0.05, 0) is 6.42 Å². The number of aliphatic hydroxyl groups is 1. The molecule has 0 aliphatic carbocycles. The van der Waals surface area contributed by atoms with E-state index in [-0.39, 0.29) is 13.0 Å². The molecule has 0 fully saturated rings. The first-order valence-corrected chi connectivity index (χ1v) is 5.64. The minimum absolute atomic E-state index is 0.245. The lowest BCUT2D eigenvalue weighted by molar-refractivity contribution is -0.143. The number of halogens is 3. The van der Waals surface area contributed by atoms with Crippen molar-refractivity contribution in [3.63, 3.8) is 0 Å². The molecule has 0 aliphatic rings. The Labute approximate surface area is 108 Å². The van der Waals surface area contributed by atoms with Gasteiger partial charge in [0.15, 0.2) is 0 Å². The number of aliphatic hydroxyl groups excluding tert-OH is 1. The van der Waals surface area contributed by atoms with Crippen LogP contribution in [0.15, 0.2) is 0 Å². The van der Waals surface area contributed by atoms with Crippen LogP contribution in [0.5, 0.6) is 0 Å². The molecule has 0 bridgehead atoms. The average Bonchev–Trinajstić information content (AvgIpc) is 2.26. The quantitative estimate of drug-likeness (QED) is 0.641.